The number of H-pyrrole nitrogens is 1. The van der Waals surface area contributed by atoms with Gasteiger partial charge < -0.3 is 19.2 Å². The highest BCUT2D eigenvalue weighted by atomic mass is 16.6. The van der Waals surface area contributed by atoms with Crippen LogP contribution in [-0.2, 0) is 11.2 Å². The van der Waals surface area contributed by atoms with Crippen molar-refractivity contribution in [3.8, 4) is 0 Å². The van der Waals surface area contributed by atoms with Crippen molar-refractivity contribution in [2.75, 3.05) is 0 Å². The average molecular weight is 329 g/mol. The van der Waals surface area contributed by atoms with Gasteiger partial charge in [-0.05, 0) is 43.9 Å². The molecular weight excluding hydrogens is 306 g/mol. The van der Waals surface area contributed by atoms with Gasteiger partial charge in [-0.25, -0.2) is 0 Å². The van der Waals surface area contributed by atoms with Crippen LogP contribution in [0.5, 0.6) is 0 Å². The second-order valence-electron chi connectivity index (χ2n) is 6.96. The molecule has 5 heteroatoms. The van der Waals surface area contributed by atoms with Crippen molar-refractivity contribution in [3.63, 3.8) is 0 Å². The highest BCUT2D eigenvalue weighted by Crippen LogP contribution is 2.37. The molecule has 2 aliphatic rings. The molecule has 0 saturated heterocycles. The first-order valence-electron chi connectivity index (χ1n) is 8.75. The number of carbonyl (C=O) groups excluding carboxylic acids is 1. The van der Waals surface area contributed by atoms with Gasteiger partial charge in [0.15, 0.2) is 12.1 Å². The number of ether oxygens (including phenoxy) is 1. The smallest absolute Gasteiger partial charge is 0.196 e. The third-order valence-electron chi connectivity index (χ3n) is 5.34. The Bertz CT molecular complexity index is 725. The monoisotopic (exact) mass is 329 g/mol. The molecule has 0 amide bonds. The quantitative estimate of drug-likeness (QED) is 0.837. The van der Waals surface area contributed by atoms with E-state index in [1.807, 2.05) is 19.1 Å². The molecule has 1 fully saturated rings. The van der Waals surface area contributed by atoms with Crippen molar-refractivity contribution < 1.29 is 19.1 Å². The van der Waals surface area contributed by atoms with Gasteiger partial charge in [-0.1, -0.05) is 12.8 Å². The van der Waals surface area contributed by atoms with Gasteiger partial charge in [-0.2, -0.15) is 0 Å². The zero-order valence-electron chi connectivity index (χ0n) is 13.9. The fourth-order valence-corrected chi connectivity index (χ4v) is 4.10. The molecule has 2 aromatic rings. The molecule has 2 N–H and O–H groups in total. The predicted molar refractivity (Wildman–Crippen MR) is 87.9 cm³/mol. The lowest BCUT2D eigenvalue weighted by molar-refractivity contribution is -0.139. The lowest BCUT2D eigenvalue weighted by Gasteiger charge is -2.19. The van der Waals surface area contributed by atoms with Crippen molar-refractivity contribution in [1.29, 1.82) is 0 Å². The van der Waals surface area contributed by atoms with Crippen LogP contribution in [0.25, 0.3) is 0 Å². The molecule has 24 heavy (non-hydrogen) atoms. The number of ketones is 1. The first kappa shape index (κ1) is 15.7. The Kier molecular flexibility index (Phi) is 4.06. The van der Waals surface area contributed by atoms with Crippen LogP contribution >= 0.6 is 0 Å². The van der Waals surface area contributed by atoms with Gasteiger partial charge in [0.1, 0.15) is 5.76 Å². The minimum Gasteiger partial charge on any atom is -0.469 e. The Balaban J connectivity index is 1.58. The van der Waals surface area contributed by atoms with Gasteiger partial charge in [0.2, 0.25) is 0 Å². The van der Waals surface area contributed by atoms with E-state index >= 15 is 0 Å². The van der Waals surface area contributed by atoms with Crippen molar-refractivity contribution in [1.82, 2.24) is 4.98 Å². The summed E-state index contributed by atoms with van der Waals surface area (Å²) in [4.78, 5) is 15.9. The van der Waals surface area contributed by atoms with Crippen LogP contribution < -0.4 is 0 Å². The molecule has 4 rings (SSSR count). The van der Waals surface area contributed by atoms with Gasteiger partial charge in [0.25, 0.3) is 0 Å². The zero-order valence-corrected chi connectivity index (χ0v) is 13.9. The molecule has 2 aliphatic carbocycles. The Hall–Kier alpha value is -1.85. The van der Waals surface area contributed by atoms with Gasteiger partial charge in [0, 0.05) is 23.6 Å². The van der Waals surface area contributed by atoms with E-state index in [9.17, 15) is 9.90 Å². The van der Waals surface area contributed by atoms with Crippen molar-refractivity contribution in [3.05, 3.63) is 46.7 Å². The maximum Gasteiger partial charge on any atom is 0.196 e. The van der Waals surface area contributed by atoms with Crippen LogP contribution in [0.3, 0.4) is 0 Å². The molecule has 0 aromatic carbocycles. The minimum absolute atomic E-state index is 0.0544. The molecule has 0 aliphatic heterocycles. The summed E-state index contributed by atoms with van der Waals surface area (Å²) in [7, 11) is 0. The van der Waals surface area contributed by atoms with Crippen molar-refractivity contribution in [2.45, 2.75) is 63.8 Å². The van der Waals surface area contributed by atoms with Crippen LogP contribution in [0.15, 0.2) is 22.8 Å². The van der Waals surface area contributed by atoms with E-state index in [1.165, 1.54) is 0 Å². The normalized spacial score (nSPS) is 22.8. The Morgan fingerprint density at radius 1 is 1.33 bits per heavy atom. The predicted octanol–water partition coefficient (Wildman–Crippen LogP) is 3.78. The van der Waals surface area contributed by atoms with Crippen LogP contribution in [-0.4, -0.2) is 22.0 Å². The highest BCUT2D eigenvalue weighted by molar-refractivity contribution is 6.00. The maximum absolute atomic E-state index is 12.6. The van der Waals surface area contributed by atoms with E-state index in [0.717, 1.165) is 48.3 Å². The van der Waals surface area contributed by atoms with Crippen LogP contribution in [0.4, 0.5) is 0 Å². The lowest BCUT2D eigenvalue weighted by atomic mass is 9.84. The Morgan fingerprint density at radius 3 is 2.83 bits per heavy atom. The van der Waals surface area contributed by atoms with E-state index in [4.69, 9.17) is 9.15 Å². The van der Waals surface area contributed by atoms with Gasteiger partial charge >= 0.3 is 0 Å². The third kappa shape index (κ3) is 2.72. The minimum atomic E-state index is -0.992. The van der Waals surface area contributed by atoms with Crippen molar-refractivity contribution in [2.24, 2.45) is 0 Å². The fourth-order valence-electron chi connectivity index (χ4n) is 4.10. The third-order valence-corrected chi connectivity index (χ3v) is 5.34. The molecule has 2 aromatic heterocycles. The number of aliphatic hydroxyl groups excluding tert-OH is 1. The van der Waals surface area contributed by atoms with Crippen LogP contribution in [0, 0.1) is 6.92 Å². The number of hydrogen-bond acceptors (Lipinski definition) is 4. The summed E-state index contributed by atoms with van der Waals surface area (Å²) >= 11 is 0. The second kappa shape index (κ2) is 6.22. The second-order valence-corrected chi connectivity index (χ2v) is 6.96. The largest absolute Gasteiger partial charge is 0.469 e. The molecule has 5 nitrogen and oxygen atoms in total. The molecule has 1 saturated carbocycles. The average Bonchev–Trinajstić information content (AvgIpc) is 3.28. The van der Waals surface area contributed by atoms with Crippen LogP contribution in [0.2, 0.25) is 0 Å². The number of rotatable bonds is 4. The number of hydrogen-bond donors (Lipinski definition) is 2. The summed E-state index contributed by atoms with van der Waals surface area (Å²) in [5.74, 6) is 0.995. The standard InChI is InChI=1S/C19H23NO4/c1-11-17-14(9-12(10-15(17)21)16-7-4-8-23-16)20-18(11)19(22)24-13-5-2-3-6-13/h4,7-8,12-13,19-20,22H,2-3,5-6,9-10H2,1H3. The van der Waals surface area contributed by atoms with Crippen LogP contribution in [0.1, 0.15) is 77.4 Å². The first-order valence-corrected chi connectivity index (χ1v) is 8.75. The van der Waals surface area contributed by atoms with E-state index in [-0.39, 0.29) is 17.8 Å². The summed E-state index contributed by atoms with van der Waals surface area (Å²) in [6.07, 6.45) is 6.22. The highest BCUT2D eigenvalue weighted by Gasteiger charge is 2.33. The summed E-state index contributed by atoms with van der Waals surface area (Å²) in [6, 6.07) is 3.76. The SMILES string of the molecule is Cc1c(C(O)OC2CCCC2)[nH]c2c1C(=O)CC(c1ccco1)C2. The number of carbonyl (C=O) groups is 1. The van der Waals surface area contributed by atoms with Gasteiger partial charge in [-0.3, -0.25) is 4.79 Å². The van der Waals surface area contributed by atoms with E-state index in [0.29, 0.717) is 18.5 Å². The molecule has 0 radical (unpaired) electrons. The number of aromatic nitrogens is 1. The molecule has 2 unspecified atom stereocenters. The fraction of sp³-hybridized carbons (Fsp3) is 0.526. The van der Waals surface area contributed by atoms with Crippen molar-refractivity contribution >= 4 is 5.78 Å². The molecular formula is C19H23NO4. The first-order chi connectivity index (χ1) is 11.6. The summed E-state index contributed by atoms with van der Waals surface area (Å²) in [5.41, 5.74) is 3.05. The number of aliphatic hydroxyl groups is 1. The number of fused-ring (bicyclic) bond motifs is 1. The number of nitrogens with one attached hydrogen (secondary N) is 1. The number of Topliss-reactive ketones (excluding diaryl/α,β-unsaturated/α-hetero) is 1. The van der Waals surface area contributed by atoms with E-state index in [2.05, 4.69) is 4.98 Å². The Labute approximate surface area is 141 Å². The van der Waals surface area contributed by atoms with E-state index in [1.54, 1.807) is 6.26 Å². The van der Waals surface area contributed by atoms with Gasteiger partial charge in [-0.15, -0.1) is 0 Å². The molecule has 0 spiro atoms. The summed E-state index contributed by atoms with van der Waals surface area (Å²) in [6.45, 7) is 1.89. The summed E-state index contributed by atoms with van der Waals surface area (Å²) in [5, 5.41) is 10.5. The van der Waals surface area contributed by atoms with Gasteiger partial charge in [0.05, 0.1) is 18.1 Å². The summed E-state index contributed by atoms with van der Waals surface area (Å²) < 4.78 is 11.3. The Morgan fingerprint density at radius 2 is 2.12 bits per heavy atom. The lowest BCUT2D eigenvalue weighted by Crippen LogP contribution is -2.18. The zero-order chi connectivity index (χ0) is 16.7. The molecule has 2 heterocycles. The molecule has 0 bridgehead atoms. The molecule has 128 valence electrons. The molecule has 2 atom stereocenters. The number of aromatic amines is 1. The number of furan rings is 1. The maximum atomic E-state index is 12.6. The van der Waals surface area contributed by atoms with E-state index < -0.39 is 6.29 Å². The topological polar surface area (TPSA) is 75.5 Å².